The number of nitrogens with zero attached hydrogens (tertiary/aromatic N) is 2. The monoisotopic (exact) mass is 342 g/mol. The van der Waals surface area contributed by atoms with E-state index in [1.54, 1.807) is 26.6 Å². The summed E-state index contributed by atoms with van der Waals surface area (Å²) in [6, 6.07) is 8.62. The molecule has 0 radical (unpaired) electrons. The van der Waals surface area contributed by atoms with E-state index >= 15 is 0 Å². The van der Waals surface area contributed by atoms with Crippen molar-refractivity contribution in [3.8, 4) is 11.5 Å². The van der Waals surface area contributed by atoms with Crippen molar-refractivity contribution >= 4 is 5.97 Å². The molecule has 0 spiro atoms. The molecule has 2 atom stereocenters. The molecular formula is C19H22N2O4. The van der Waals surface area contributed by atoms with Gasteiger partial charge in [-0.1, -0.05) is 6.07 Å². The van der Waals surface area contributed by atoms with Crippen LogP contribution in [0.2, 0.25) is 0 Å². The number of aromatic nitrogens is 1. The van der Waals surface area contributed by atoms with E-state index in [0.717, 1.165) is 17.5 Å². The topological polar surface area (TPSA) is 71.9 Å². The van der Waals surface area contributed by atoms with E-state index in [-0.39, 0.29) is 6.04 Å². The third-order valence-corrected chi connectivity index (χ3v) is 4.67. The van der Waals surface area contributed by atoms with E-state index in [1.165, 1.54) is 0 Å². The van der Waals surface area contributed by atoms with Crippen molar-refractivity contribution in [3.05, 3.63) is 53.9 Å². The van der Waals surface area contributed by atoms with Gasteiger partial charge in [-0.05, 0) is 42.7 Å². The molecule has 3 rings (SSSR count). The first kappa shape index (κ1) is 17.2. The zero-order valence-corrected chi connectivity index (χ0v) is 14.4. The summed E-state index contributed by atoms with van der Waals surface area (Å²) < 4.78 is 11.2. The van der Waals surface area contributed by atoms with Crippen LogP contribution in [0.1, 0.15) is 30.0 Å². The predicted molar refractivity (Wildman–Crippen MR) is 93.0 cm³/mol. The van der Waals surface area contributed by atoms with Crippen LogP contribution in [0.25, 0.3) is 0 Å². The predicted octanol–water partition coefficient (Wildman–Crippen LogP) is 2.74. The first-order chi connectivity index (χ1) is 12.2. The van der Waals surface area contributed by atoms with Crippen molar-refractivity contribution in [2.75, 3.05) is 20.8 Å². The van der Waals surface area contributed by atoms with Crippen molar-refractivity contribution in [1.82, 2.24) is 9.88 Å². The van der Waals surface area contributed by atoms with Gasteiger partial charge in [-0.25, -0.2) is 0 Å². The van der Waals surface area contributed by atoms with Crippen LogP contribution in [0, 0.1) is 0 Å². The molecule has 0 saturated carbocycles. The van der Waals surface area contributed by atoms with Crippen LogP contribution in [-0.4, -0.2) is 47.8 Å². The Kier molecular flexibility index (Phi) is 5.19. The number of pyridine rings is 1. The highest BCUT2D eigenvalue weighted by molar-refractivity contribution is 5.74. The Bertz CT molecular complexity index is 713. The number of ether oxygens (including phenoxy) is 2. The second-order valence-corrected chi connectivity index (χ2v) is 5.99. The average Bonchev–Trinajstić information content (AvgIpc) is 3.12. The van der Waals surface area contributed by atoms with Crippen LogP contribution in [-0.2, 0) is 4.79 Å². The van der Waals surface area contributed by atoms with Crippen molar-refractivity contribution in [3.63, 3.8) is 0 Å². The van der Waals surface area contributed by atoms with Gasteiger partial charge in [0, 0.05) is 18.9 Å². The number of carboxylic acids is 1. The average molecular weight is 342 g/mol. The number of hydrogen-bond donors (Lipinski definition) is 1. The zero-order valence-electron chi connectivity index (χ0n) is 14.4. The van der Waals surface area contributed by atoms with Gasteiger partial charge in [0.1, 0.15) is 17.5 Å². The number of carboxylic acid groups (broad SMARTS) is 1. The third kappa shape index (κ3) is 3.30. The SMILES string of the molecule is COc1cccc(OC)c1C(c1ccncc1)N1CCCC1C(=O)O. The number of benzene rings is 1. The Labute approximate surface area is 147 Å². The van der Waals surface area contributed by atoms with E-state index in [9.17, 15) is 9.90 Å². The Balaban J connectivity index is 2.18. The van der Waals surface area contributed by atoms with Gasteiger partial charge in [-0.2, -0.15) is 0 Å². The van der Waals surface area contributed by atoms with Crippen LogP contribution in [0.5, 0.6) is 11.5 Å². The third-order valence-electron chi connectivity index (χ3n) is 4.67. The van der Waals surface area contributed by atoms with Crippen molar-refractivity contribution < 1.29 is 19.4 Å². The fourth-order valence-electron chi connectivity index (χ4n) is 3.58. The number of rotatable bonds is 6. The van der Waals surface area contributed by atoms with Gasteiger partial charge in [0.2, 0.25) is 0 Å². The molecule has 1 aromatic heterocycles. The second-order valence-electron chi connectivity index (χ2n) is 5.99. The molecule has 6 nitrogen and oxygen atoms in total. The summed E-state index contributed by atoms with van der Waals surface area (Å²) >= 11 is 0. The normalized spacial score (nSPS) is 18.7. The summed E-state index contributed by atoms with van der Waals surface area (Å²) in [5.74, 6) is 0.555. The minimum atomic E-state index is -0.801. The van der Waals surface area contributed by atoms with Gasteiger partial charge in [-0.15, -0.1) is 0 Å². The van der Waals surface area contributed by atoms with Crippen molar-refractivity contribution in [2.24, 2.45) is 0 Å². The largest absolute Gasteiger partial charge is 0.496 e. The summed E-state index contributed by atoms with van der Waals surface area (Å²) in [5.41, 5.74) is 1.80. The summed E-state index contributed by atoms with van der Waals surface area (Å²) in [4.78, 5) is 17.9. The fraction of sp³-hybridized carbons (Fsp3) is 0.368. The van der Waals surface area contributed by atoms with Gasteiger partial charge in [0.15, 0.2) is 0 Å². The first-order valence-corrected chi connectivity index (χ1v) is 8.26. The van der Waals surface area contributed by atoms with Crippen molar-refractivity contribution in [2.45, 2.75) is 24.9 Å². The van der Waals surface area contributed by atoms with E-state index in [2.05, 4.69) is 4.98 Å². The number of likely N-dealkylation sites (tertiary alicyclic amines) is 1. The number of methoxy groups -OCH3 is 2. The van der Waals surface area contributed by atoms with Crippen LogP contribution in [0.4, 0.5) is 0 Å². The first-order valence-electron chi connectivity index (χ1n) is 8.26. The molecule has 1 aliphatic rings. The highest BCUT2D eigenvalue weighted by Crippen LogP contribution is 2.43. The maximum atomic E-state index is 11.8. The number of aliphatic carboxylic acids is 1. The van der Waals surface area contributed by atoms with E-state index in [4.69, 9.17) is 9.47 Å². The maximum absolute atomic E-state index is 11.8. The molecule has 2 heterocycles. The molecule has 132 valence electrons. The molecule has 2 unspecified atom stereocenters. The van der Waals surface area contributed by atoms with Gasteiger partial charge in [0.25, 0.3) is 0 Å². The van der Waals surface area contributed by atoms with Crippen LogP contribution >= 0.6 is 0 Å². The molecular weight excluding hydrogens is 320 g/mol. The lowest BCUT2D eigenvalue weighted by atomic mass is 9.95. The van der Waals surface area contributed by atoms with Gasteiger partial charge >= 0.3 is 5.97 Å². The van der Waals surface area contributed by atoms with Crippen molar-refractivity contribution in [1.29, 1.82) is 0 Å². The quantitative estimate of drug-likeness (QED) is 0.870. The highest BCUT2D eigenvalue weighted by atomic mass is 16.5. The highest BCUT2D eigenvalue weighted by Gasteiger charge is 2.39. The Morgan fingerprint density at radius 1 is 1.20 bits per heavy atom. The molecule has 1 aromatic carbocycles. The molecule has 1 saturated heterocycles. The lowest BCUT2D eigenvalue weighted by molar-refractivity contribution is -0.142. The molecule has 1 aliphatic heterocycles. The molecule has 0 aliphatic carbocycles. The lowest BCUT2D eigenvalue weighted by Crippen LogP contribution is -2.39. The second kappa shape index (κ2) is 7.53. The van der Waals surface area contributed by atoms with Crippen LogP contribution in [0.3, 0.4) is 0 Å². The van der Waals surface area contributed by atoms with Gasteiger partial charge in [-0.3, -0.25) is 14.7 Å². The summed E-state index contributed by atoms with van der Waals surface area (Å²) in [6.07, 6.45) is 4.91. The molecule has 1 N–H and O–H groups in total. The summed E-state index contributed by atoms with van der Waals surface area (Å²) in [7, 11) is 3.22. The smallest absolute Gasteiger partial charge is 0.320 e. The summed E-state index contributed by atoms with van der Waals surface area (Å²) in [5, 5.41) is 9.66. The Hall–Kier alpha value is -2.60. The van der Waals surface area contributed by atoms with Crippen LogP contribution in [0.15, 0.2) is 42.7 Å². The van der Waals surface area contributed by atoms with E-state index < -0.39 is 12.0 Å². The number of hydrogen-bond acceptors (Lipinski definition) is 5. The number of carbonyl (C=O) groups is 1. The molecule has 1 fully saturated rings. The molecule has 25 heavy (non-hydrogen) atoms. The zero-order chi connectivity index (χ0) is 17.8. The lowest BCUT2D eigenvalue weighted by Gasteiger charge is -2.33. The molecule has 2 aromatic rings. The molecule has 6 heteroatoms. The van der Waals surface area contributed by atoms with Gasteiger partial charge in [0.05, 0.1) is 25.8 Å². The Morgan fingerprint density at radius 2 is 1.84 bits per heavy atom. The van der Waals surface area contributed by atoms with E-state index in [0.29, 0.717) is 24.5 Å². The molecule has 0 amide bonds. The van der Waals surface area contributed by atoms with Crippen LogP contribution < -0.4 is 9.47 Å². The standard InChI is InChI=1S/C19H22N2O4/c1-24-15-6-3-7-16(25-2)17(15)18(13-8-10-20-11-9-13)21-12-4-5-14(21)19(22)23/h3,6-11,14,18H,4-5,12H2,1-2H3,(H,22,23). The van der Waals surface area contributed by atoms with Gasteiger partial charge < -0.3 is 14.6 Å². The maximum Gasteiger partial charge on any atom is 0.320 e. The minimum Gasteiger partial charge on any atom is -0.496 e. The van der Waals surface area contributed by atoms with E-state index in [1.807, 2.05) is 35.2 Å². The fourth-order valence-corrected chi connectivity index (χ4v) is 3.58. The summed E-state index contributed by atoms with van der Waals surface area (Å²) in [6.45, 7) is 0.700. The molecule has 0 bridgehead atoms. The minimum absolute atomic E-state index is 0.280. The Morgan fingerprint density at radius 3 is 2.40 bits per heavy atom.